The molecule has 0 saturated heterocycles. The fraction of sp³-hybridized carbons (Fsp3) is 0.917. The minimum atomic E-state index is -0.317. The van der Waals surface area contributed by atoms with Gasteiger partial charge >= 0.3 is 0 Å². The second-order valence-electron chi connectivity index (χ2n) is 5.09. The molecular formula is C12H23NO2. The fourth-order valence-corrected chi connectivity index (χ4v) is 2.62. The highest BCUT2D eigenvalue weighted by Crippen LogP contribution is 2.34. The summed E-state index contributed by atoms with van der Waals surface area (Å²) in [6.07, 6.45) is 6.45. The second-order valence-corrected chi connectivity index (χ2v) is 5.09. The van der Waals surface area contributed by atoms with Crippen LogP contribution in [0.5, 0.6) is 0 Å². The topological polar surface area (TPSA) is 40.5 Å². The summed E-state index contributed by atoms with van der Waals surface area (Å²) in [5.41, 5.74) is -0.137. The third-order valence-corrected chi connectivity index (χ3v) is 3.26. The average Bonchev–Trinajstić information content (AvgIpc) is 2.17. The van der Waals surface area contributed by atoms with Crippen molar-refractivity contribution in [1.29, 1.82) is 0 Å². The molecule has 3 nitrogen and oxygen atoms in total. The molecule has 0 aromatic carbocycles. The molecule has 0 aliphatic heterocycles. The van der Waals surface area contributed by atoms with Crippen LogP contribution in [0.1, 0.15) is 39.0 Å². The molecule has 3 heteroatoms. The van der Waals surface area contributed by atoms with Crippen LogP contribution in [-0.4, -0.2) is 42.5 Å². The van der Waals surface area contributed by atoms with E-state index in [2.05, 4.69) is 4.90 Å². The van der Waals surface area contributed by atoms with Gasteiger partial charge in [-0.25, -0.2) is 0 Å². The van der Waals surface area contributed by atoms with Gasteiger partial charge < -0.3 is 14.8 Å². The van der Waals surface area contributed by atoms with Gasteiger partial charge in [0.2, 0.25) is 0 Å². The number of carbonyl (C=O) groups excluding carboxylic acids is 1. The Morgan fingerprint density at radius 3 is 2.47 bits per heavy atom. The Hall–Kier alpha value is -0.410. The summed E-state index contributed by atoms with van der Waals surface area (Å²) in [5, 5.41) is 9.28. The summed E-state index contributed by atoms with van der Waals surface area (Å²) in [4.78, 5) is 13.3. The van der Waals surface area contributed by atoms with Gasteiger partial charge in [0.25, 0.3) is 0 Å². The van der Waals surface area contributed by atoms with Crippen LogP contribution in [0.2, 0.25) is 0 Å². The molecule has 1 fully saturated rings. The van der Waals surface area contributed by atoms with Crippen LogP contribution in [0.3, 0.4) is 0 Å². The number of carbonyl (C=O) groups is 1. The summed E-state index contributed by atoms with van der Waals surface area (Å²) >= 11 is 0. The van der Waals surface area contributed by atoms with Crippen molar-refractivity contribution in [3.63, 3.8) is 0 Å². The first-order chi connectivity index (χ1) is 7.08. The van der Waals surface area contributed by atoms with Crippen LogP contribution in [0.25, 0.3) is 0 Å². The number of hydrogen-bond donors (Lipinski definition) is 1. The molecule has 1 N–H and O–H groups in total. The number of aliphatic hydroxyl groups is 1. The smallest absolute Gasteiger partial charge is 0.127 e. The zero-order chi connectivity index (χ0) is 11.3. The van der Waals surface area contributed by atoms with Crippen LogP contribution < -0.4 is 0 Å². The minimum absolute atomic E-state index is 0.137. The SMILES string of the molecule is CC(O)CN(C)CC1(C=O)CCCCC1. The number of hydrogen-bond acceptors (Lipinski definition) is 3. The average molecular weight is 213 g/mol. The van der Waals surface area contributed by atoms with E-state index in [1.54, 1.807) is 6.92 Å². The van der Waals surface area contributed by atoms with Crippen molar-refractivity contribution < 1.29 is 9.90 Å². The molecule has 1 rings (SSSR count). The highest BCUT2D eigenvalue weighted by molar-refractivity contribution is 5.60. The number of aliphatic hydroxyl groups excluding tert-OH is 1. The molecule has 0 radical (unpaired) electrons. The Morgan fingerprint density at radius 2 is 2.00 bits per heavy atom. The zero-order valence-corrected chi connectivity index (χ0v) is 9.91. The Kier molecular flexibility index (Phi) is 4.74. The summed E-state index contributed by atoms with van der Waals surface area (Å²) in [6, 6.07) is 0. The molecule has 0 aromatic heterocycles. The van der Waals surface area contributed by atoms with Gasteiger partial charge in [-0.15, -0.1) is 0 Å². The Labute approximate surface area is 92.5 Å². The largest absolute Gasteiger partial charge is 0.392 e. The maximum atomic E-state index is 11.2. The van der Waals surface area contributed by atoms with Crippen molar-refractivity contribution in [3.8, 4) is 0 Å². The van der Waals surface area contributed by atoms with Crippen LogP contribution in [-0.2, 0) is 4.79 Å². The molecule has 0 bridgehead atoms. The van der Waals surface area contributed by atoms with Crippen molar-refractivity contribution in [3.05, 3.63) is 0 Å². The van der Waals surface area contributed by atoms with Gasteiger partial charge in [-0.05, 0) is 26.8 Å². The van der Waals surface area contributed by atoms with E-state index in [-0.39, 0.29) is 11.5 Å². The number of rotatable bonds is 5. The molecule has 0 heterocycles. The van der Waals surface area contributed by atoms with Crippen molar-refractivity contribution in [2.24, 2.45) is 5.41 Å². The third-order valence-electron chi connectivity index (χ3n) is 3.26. The van der Waals surface area contributed by atoms with Crippen molar-refractivity contribution in [1.82, 2.24) is 4.90 Å². The lowest BCUT2D eigenvalue weighted by atomic mass is 9.75. The van der Waals surface area contributed by atoms with Crippen LogP contribution in [0.15, 0.2) is 0 Å². The first kappa shape index (κ1) is 12.7. The third kappa shape index (κ3) is 3.92. The van der Waals surface area contributed by atoms with Gasteiger partial charge in [0, 0.05) is 18.5 Å². The Morgan fingerprint density at radius 1 is 1.40 bits per heavy atom. The number of likely N-dealkylation sites (N-methyl/N-ethyl adjacent to an activating group) is 1. The standard InChI is InChI=1S/C12H23NO2/c1-11(15)8-13(2)9-12(10-14)6-4-3-5-7-12/h10-11,15H,3-9H2,1-2H3. The number of aldehydes is 1. The highest BCUT2D eigenvalue weighted by atomic mass is 16.3. The molecule has 15 heavy (non-hydrogen) atoms. The first-order valence-corrected chi connectivity index (χ1v) is 5.91. The molecule has 1 unspecified atom stereocenters. The van der Waals surface area contributed by atoms with Crippen LogP contribution in [0, 0.1) is 5.41 Å². The van der Waals surface area contributed by atoms with Crippen molar-refractivity contribution in [2.75, 3.05) is 20.1 Å². The lowest BCUT2D eigenvalue weighted by molar-refractivity contribution is -0.119. The van der Waals surface area contributed by atoms with E-state index in [0.717, 1.165) is 25.7 Å². The lowest BCUT2D eigenvalue weighted by Crippen LogP contribution is -2.40. The lowest BCUT2D eigenvalue weighted by Gasteiger charge is -2.35. The molecule has 0 amide bonds. The van der Waals surface area contributed by atoms with E-state index in [0.29, 0.717) is 6.54 Å². The molecule has 0 spiro atoms. The van der Waals surface area contributed by atoms with Gasteiger partial charge in [-0.1, -0.05) is 19.3 Å². The van der Waals surface area contributed by atoms with Crippen LogP contribution >= 0.6 is 0 Å². The van der Waals surface area contributed by atoms with Gasteiger partial charge in [-0.3, -0.25) is 0 Å². The molecule has 1 saturated carbocycles. The van der Waals surface area contributed by atoms with E-state index in [4.69, 9.17) is 0 Å². The molecule has 1 aliphatic carbocycles. The molecule has 1 atom stereocenters. The maximum Gasteiger partial charge on any atom is 0.127 e. The Balaban J connectivity index is 2.47. The van der Waals surface area contributed by atoms with E-state index in [1.165, 1.54) is 19.3 Å². The molecule has 88 valence electrons. The Bertz CT molecular complexity index is 198. The van der Waals surface area contributed by atoms with Gasteiger partial charge in [-0.2, -0.15) is 0 Å². The number of nitrogens with zero attached hydrogens (tertiary/aromatic N) is 1. The minimum Gasteiger partial charge on any atom is -0.392 e. The zero-order valence-electron chi connectivity index (χ0n) is 9.91. The second kappa shape index (κ2) is 5.61. The van der Waals surface area contributed by atoms with E-state index in [1.807, 2.05) is 7.05 Å². The highest BCUT2D eigenvalue weighted by Gasteiger charge is 2.32. The predicted molar refractivity (Wildman–Crippen MR) is 60.8 cm³/mol. The molecule has 0 aromatic rings. The summed E-state index contributed by atoms with van der Waals surface area (Å²) in [6.45, 7) is 3.22. The van der Waals surface area contributed by atoms with E-state index >= 15 is 0 Å². The van der Waals surface area contributed by atoms with Gasteiger partial charge in [0.15, 0.2) is 0 Å². The molecule has 1 aliphatic rings. The monoisotopic (exact) mass is 213 g/mol. The first-order valence-electron chi connectivity index (χ1n) is 5.91. The van der Waals surface area contributed by atoms with E-state index < -0.39 is 0 Å². The summed E-state index contributed by atoms with van der Waals surface area (Å²) in [7, 11) is 1.98. The van der Waals surface area contributed by atoms with Crippen LogP contribution in [0.4, 0.5) is 0 Å². The predicted octanol–water partition coefficient (Wildman–Crippen LogP) is 1.45. The van der Waals surface area contributed by atoms with Gasteiger partial charge in [0.05, 0.1) is 6.10 Å². The maximum absolute atomic E-state index is 11.2. The quantitative estimate of drug-likeness (QED) is 0.703. The van der Waals surface area contributed by atoms with Crippen molar-refractivity contribution >= 4 is 6.29 Å². The van der Waals surface area contributed by atoms with Gasteiger partial charge in [0.1, 0.15) is 6.29 Å². The van der Waals surface area contributed by atoms with E-state index in [9.17, 15) is 9.90 Å². The summed E-state index contributed by atoms with van der Waals surface area (Å²) < 4.78 is 0. The summed E-state index contributed by atoms with van der Waals surface area (Å²) in [5.74, 6) is 0. The van der Waals surface area contributed by atoms with Crippen molar-refractivity contribution in [2.45, 2.75) is 45.1 Å². The molecular weight excluding hydrogens is 190 g/mol. The fourth-order valence-electron chi connectivity index (χ4n) is 2.62. The normalized spacial score (nSPS) is 22.7.